The van der Waals surface area contributed by atoms with Crippen molar-refractivity contribution in [3.8, 4) is 0 Å². The number of nitrogens with zero attached hydrogens (tertiary/aromatic N) is 2. The predicted molar refractivity (Wildman–Crippen MR) is 81.0 cm³/mol. The van der Waals surface area contributed by atoms with Crippen molar-refractivity contribution in [1.29, 1.82) is 0 Å². The van der Waals surface area contributed by atoms with Crippen molar-refractivity contribution >= 4 is 21.8 Å². The Hall–Kier alpha value is -1.73. The monoisotopic (exact) mass is 322 g/mol. The van der Waals surface area contributed by atoms with Crippen LogP contribution in [0.1, 0.15) is 40.5 Å². The number of rotatable bonds is 4. The zero-order valence-corrected chi connectivity index (χ0v) is 13.2. The Balaban J connectivity index is 1.81. The van der Waals surface area contributed by atoms with Gasteiger partial charge in [-0.25, -0.2) is 8.42 Å². The fourth-order valence-electron chi connectivity index (χ4n) is 3.10. The van der Waals surface area contributed by atoms with Crippen LogP contribution >= 0.6 is 0 Å². The number of carbonyl (C=O) groups is 2. The number of amides is 2. The standard InChI is InChI=1S/C15H18N2O4S/c1-2-9-22(20,21)16-8-7-11(10-16)17-14(18)12-5-3-4-6-13(12)15(17)19/h3-6,11H,2,7-10H2,1H3. The third-order valence-corrected chi connectivity index (χ3v) is 6.21. The largest absolute Gasteiger partial charge is 0.270 e. The van der Waals surface area contributed by atoms with E-state index in [9.17, 15) is 18.0 Å². The molecular weight excluding hydrogens is 304 g/mol. The van der Waals surface area contributed by atoms with Crippen LogP contribution < -0.4 is 0 Å². The van der Waals surface area contributed by atoms with Gasteiger partial charge in [0.25, 0.3) is 11.8 Å². The smallest absolute Gasteiger partial charge is 0.261 e. The number of sulfonamides is 1. The Morgan fingerprint density at radius 3 is 2.27 bits per heavy atom. The van der Waals surface area contributed by atoms with Gasteiger partial charge in [-0.15, -0.1) is 0 Å². The number of imide groups is 1. The zero-order valence-electron chi connectivity index (χ0n) is 12.4. The second-order valence-electron chi connectivity index (χ2n) is 5.64. The topological polar surface area (TPSA) is 74.8 Å². The Kier molecular flexibility index (Phi) is 3.78. The van der Waals surface area contributed by atoms with E-state index in [1.54, 1.807) is 24.3 Å². The average molecular weight is 322 g/mol. The van der Waals surface area contributed by atoms with Gasteiger partial charge >= 0.3 is 0 Å². The molecule has 2 aliphatic heterocycles. The Bertz CT molecular complexity index is 694. The molecule has 1 aromatic rings. The van der Waals surface area contributed by atoms with Gasteiger partial charge in [-0.1, -0.05) is 19.1 Å². The van der Waals surface area contributed by atoms with Gasteiger partial charge in [0, 0.05) is 13.1 Å². The molecule has 0 N–H and O–H groups in total. The SMILES string of the molecule is CCCS(=O)(=O)N1CCC(N2C(=O)c3ccccc3C2=O)C1. The minimum absolute atomic E-state index is 0.0990. The summed E-state index contributed by atoms with van der Waals surface area (Å²) in [5.74, 6) is -0.539. The second kappa shape index (κ2) is 5.48. The van der Waals surface area contributed by atoms with E-state index in [4.69, 9.17) is 0 Å². The van der Waals surface area contributed by atoms with Crippen LogP contribution in [0.5, 0.6) is 0 Å². The highest BCUT2D eigenvalue weighted by atomic mass is 32.2. The van der Waals surface area contributed by atoms with Crippen molar-refractivity contribution in [1.82, 2.24) is 9.21 Å². The van der Waals surface area contributed by atoms with E-state index < -0.39 is 10.0 Å². The first-order chi connectivity index (χ1) is 10.5. The van der Waals surface area contributed by atoms with Crippen LogP contribution in [0.25, 0.3) is 0 Å². The second-order valence-corrected chi connectivity index (χ2v) is 7.73. The molecule has 0 radical (unpaired) electrons. The van der Waals surface area contributed by atoms with Crippen LogP contribution in [0.3, 0.4) is 0 Å². The Morgan fingerprint density at radius 2 is 1.73 bits per heavy atom. The molecule has 1 saturated heterocycles. The van der Waals surface area contributed by atoms with Gasteiger partial charge in [-0.2, -0.15) is 4.31 Å². The van der Waals surface area contributed by atoms with Crippen molar-refractivity contribution in [2.75, 3.05) is 18.8 Å². The molecule has 3 rings (SSSR count). The number of fused-ring (bicyclic) bond motifs is 1. The number of hydrogen-bond donors (Lipinski definition) is 0. The number of hydrogen-bond acceptors (Lipinski definition) is 4. The van der Waals surface area contributed by atoms with Gasteiger partial charge < -0.3 is 0 Å². The molecule has 118 valence electrons. The van der Waals surface area contributed by atoms with Crippen LogP contribution in [0.4, 0.5) is 0 Å². The van der Waals surface area contributed by atoms with Gasteiger partial charge in [-0.3, -0.25) is 14.5 Å². The third kappa shape index (κ3) is 2.34. The molecule has 6 nitrogen and oxygen atoms in total. The molecule has 0 aromatic heterocycles. The molecule has 7 heteroatoms. The van der Waals surface area contributed by atoms with Crippen LogP contribution in [0.2, 0.25) is 0 Å². The summed E-state index contributed by atoms with van der Waals surface area (Å²) in [4.78, 5) is 26.1. The lowest BCUT2D eigenvalue weighted by Crippen LogP contribution is -2.42. The minimum atomic E-state index is -3.29. The molecule has 2 heterocycles. The summed E-state index contributed by atoms with van der Waals surface area (Å²) in [7, 11) is -3.29. The Morgan fingerprint density at radius 1 is 1.14 bits per heavy atom. The van der Waals surface area contributed by atoms with Crippen molar-refractivity contribution in [2.24, 2.45) is 0 Å². The van der Waals surface area contributed by atoms with Crippen LogP contribution in [0, 0.1) is 0 Å². The average Bonchev–Trinajstić information content (AvgIpc) is 3.05. The summed E-state index contributed by atoms with van der Waals surface area (Å²) >= 11 is 0. The molecule has 2 aliphatic rings. The molecule has 1 unspecified atom stereocenters. The highest BCUT2D eigenvalue weighted by Crippen LogP contribution is 2.29. The summed E-state index contributed by atoms with van der Waals surface area (Å²) in [6.45, 7) is 2.38. The maximum Gasteiger partial charge on any atom is 0.261 e. The molecule has 1 atom stereocenters. The minimum Gasteiger partial charge on any atom is -0.270 e. The lowest BCUT2D eigenvalue weighted by molar-refractivity contribution is 0.0593. The van der Waals surface area contributed by atoms with E-state index in [1.807, 2.05) is 6.92 Å². The summed E-state index contributed by atoms with van der Waals surface area (Å²) in [6, 6.07) is 6.34. The van der Waals surface area contributed by atoms with Crippen molar-refractivity contribution in [2.45, 2.75) is 25.8 Å². The van der Waals surface area contributed by atoms with E-state index in [2.05, 4.69) is 0 Å². The zero-order chi connectivity index (χ0) is 15.9. The van der Waals surface area contributed by atoms with Crippen LogP contribution in [-0.2, 0) is 10.0 Å². The highest BCUT2D eigenvalue weighted by Gasteiger charge is 2.43. The lowest BCUT2D eigenvalue weighted by atomic mass is 10.1. The normalized spacial score (nSPS) is 22.4. The van der Waals surface area contributed by atoms with E-state index in [0.29, 0.717) is 30.5 Å². The third-order valence-electron chi connectivity index (χ3n) is 4.17. The molecule has 1 fully saturated rings. The summed E-state index contributed by atoms with van der Waals surface area (Å²) in [6.07, 6.45) is 1.05. The van der Waals surface area contributed by atoms with Gasteiger partial charge in [-0.05, 0) is 25.0 Å². The van der Waals surface area contributed by atoms with E-state index in [0.717, 1.165) is 0 Å². The highest BCUT2D eigenvalue weighted by molar-refractivity contribution is 7.89. The summed E-state index contributed by atoms with van der Waals surface area (Å²) in [5.41, 5.74) is 0.810. The van der Waals surface area contributed by atoms with Gasteiger partial charge in [0.15, 0.2) is 0 Å². The lowest BCUT2D eigenvalue weighted by Gasteiger charge is -2.22. The molecular formula is C15H18N2O4S. The molecule has 0 bridgehead atoms. The first-order valence-electron chi connectivity index (χ1n) is 7.40. The van der Waals surface area contributed by atoms with Crippen LogP contribution in [-0.4, -0.2) is 54.3 Å². The number of benzene rings is 1. The first-order valence-corrected chi connectivity index (χ1v) is 9.01. The molecule has 0 saturated carbocycles. The number of carbonyl (C=O) groups excluding carboxylic acids is 2. The fourth-order valence-corrected chi connectivity index (χ4v) is 4.66. The van der Waals surface area contributed by atoms with Gasteiger partial charge in [0.2, 0.25) is 10.0 Å². The molecule has 22 heavy (non-hydrogen) atoms. The summed E-state index contributed by atoms with van der Waals surface area (Å²) in [5, 5.41) is 0. The van der Waals surface area contributed by atoms with Gasteiger partial charge in [0.05, 0.1) is 22.9 Å². The van der Waals surface area contributed by atoms with E-state index in [1.165, 1.54) is 9.21 Å². The first kappa shape index (κ1) is 15.2. The quantitative estimate of drug-likeness (QED) is 0.778. The van der Waals surface area contributed by atoms with E-state index >= 15 is 0 Å². The van der Waals surface area contributed by atoms with Gasteiger partial charge in [0.1, 0.15) is 0 Å². The summed E-state index contributed by atoms with van der Waals surface area (Å²) < 4.78 is 25.6. The van der Waals surface area contributed by atoms with Crippen molar-refractivity contribution < 1.29 is 18.0 Å². The van der Waals surface area contributed by atoms with Crippen molar-refractivity contribution in [3.63, 3.8) is 0 Å². The maximum atomic E-state index is 12.4. The molecule has 0 spiro atoms. The Labute approximate surface area is 129 Å². The molecule has 2 amide bonds. The van der Waals surface area contributed by atoms with Crippen LogP contribution in [0.15, 0.2) is 24.3 Å². The maximum absolute atomic E-state index is 12.4. The predicted octanol–water partition coefficient (Wildman–Crippen LogP) is 1.10. The van der Waals surface area contributed by atoms with Crippen molar-refractivity contribution in [3.05, 3.63) is 35.4 Å². The van der Waals surface area contributed by atoms with E-state index in [-0.39, 0.29) is 30.2 Å². The fraction of sp³-hybridized carbons (Fsp3) is 0.467. The molecule has 1 aromatic carbocycles. The molecule has 0 aliphatic carbocycles.